The summed E-state index contributed by atoms with van der Waals surface area (Å²) >= 11 is 0. The predicted molar refractivity (Wildman–Crippen MR) is 69.3 cm³/mol. The van der Waals surface area contributed by atoms with E-state index in [-0.39, 0.29) is 0 Å². The van der Waals surface area contributed by atoms with Crippen LogP contribution in [0.5, 0.6) is 0 Å². The Hall–Kier alpha value is -1.82. The first kappa shape index (κ1) is 10.7. The summed E-state index contributed by atoms with van der Waals surface area (Å²) < 4.78 is 0. The monoisotopic (exact) mass is 207 g/mol. The van der Waals surface area contributed by atoms with E-state index in [2.05, 4.69) is 44.7 Å². The third-order valence-electron chi connectivity index (χ3n) is 2.64. The fourth-order valence-electron chi connectivity index (χ4n) is 1.90. The van der Waals surface area contributed by atoms with Crippen molar-refractivity contribution in [2.24, 2.45) is 0 Å². The minimum atomic E-state index is 1.07. The van der Waals surface area contributed by atoms with Crippen molar-refractivity contribution in [3.8, 4) is 0 Å². The summed E-state index contributed by atoms with van der Waals surface area (Å²) in [6, 6.07) is 17.5. The van der Waals surface area contributed by atoms with Crippen molar-refractivity contribution in [1.82, 2.24) is 0 Å². The molecule has 2 rings (SSSR count). The zero-order chi connectivity index (χ0) is 11.5. The summed E-state index contributed by atoms with van der Waals surface area (Å²) in [5, 5.41) is 0. The Kier molecular flexibility index (Phi) is 2.91. The molecule has 2 aromatic carbocycles. The fourth-order valence-corrected chi connectivity index (χ4v) is 1.90. The molecule has 2 aromatic rings. The minimum absolute atomic E-state index is 1.07. The molecule has 0 atom stereocenters. The van der Waals surface area contributed by atoms with Gasteiger partial charge in [-0.25, -0.2) is 0 Å². The van der Waals surface area contributed by atoms with Crippen molar-refractivity contribution in [3.05, 3.63) is 77.4 Å². The topological polar surface area (TPSA) is 0 Å². The van der Waals surface area contributed by atoms with Crippen molar-refractivity contribution in [2.45, 2.75) is 13.8 Å². The van der Waals surface area contributed by atoms with Crippen LogP contribution in [0, 0.1) is 19.9 Å². The fraction of sp³-hybridized carbons (Fsp3) is 0.125. The number of benzene rings is 2. The molecule has 0 saturated heterocycles. The maximum Gasteiger partial charge on any atom is -0.0179 e. The number of aryl methyl sites for hydroxylation is 2. The normalized spacial score (nSPS) is 10.1. The van der Waals surface area contributed by atoms with Crippen LogP contribution >= 0.6 is 0 Å². The number of hydrogen-bond donors (Lipinski definition) is 0. The lowest BCUT2D eigenvalue weighted by molar-refractivity contribution is 1.36. The van der Waals surface area contributed by atoms with Crippen LogP contribution in [-0.4, -0.2) is 0 Å². The van der Waals surface area contributed by atoms with Gasteiger partial charge in [0.1, 0.15) is 0 Å². The van der Waals surface area contributed by atoms with Crippen molar-refractivity contribution < 1.29 is 0 Å². The van der Waals surface area contributed by atoms with E-state index in [1.807, 2.05) is 24.3 Å². The Labute approximate surface area is 97.3 Å². The van der Waals surface area contributed by atoms with Gasteiger partial charge in [-0.15, -0.1) is 0 Å². The highest BCUT2D eigenvalue weighted by Gasteiger charge is 2.02. The second-order valence-electron chi connectivity index (χ2n) is 4.14. The molecule has 0 saturated carbocycles. The van der Waals surface area contributed by atoms with Crippen LogP contribution in [0.1, 0.15) is 22.3 Å². The zero-order valence-electron chi connectivity index (χ0n) is 9.75. The average Bonchev–Trinajstić information content (AvgIpc) is 2.28. The Morgan fingerprint density at radius 1 is 0.938 bits per heavy atom. The average molecular weight is 207 g/mol. The van der Waals surface area contributed by atoms with Crippen molar-refractivity contribution >= 4 is 5.57 Å². The van der Waals surface area contributed by atoms with Gasteiger partial charge >= 0.3 is 0 Å². The van der Waals surface area contributed by atoms with Gasteiger partial charge in [-0.2, -0.15) is 0 Å². The van der Waals surface area contributed by atoms with E-state index in [1.54, 1.807) is 0 Å². The highest BCUT2D eigenvalue weighted by Crippen LogP contribution is 2.23. The molecule has 0 aliphatic heterocycles. The van der Waals surface area contributed by atoms with Gasteiger partial charge in [-0.1, -0.05) is 60.2 Å². The third-order valence-corrected chi connectivity index (χ3v) is 2.64. The van der Waals surface area contributed by atoms with E-state index < -0.39 is 0 Å². The molecule has 0 bridgehead atoms. The van der Waals surface area contributed by atoms with Gasteiger partial charge in [0, 0.05) is 0 Å². The molecule has 16 heavy (non-hydrogen) atoms. The van der Waals surface area contributed by atoms with Crippen LogP contribution < -0.4 is 0 Å². The van der Waals surface area contributed by atoms with Gasteiger partial charge in [0.2, 0.25) is 0 Å². The van der Waals surface area contributed by atoms with E-state index in [0.29, 0.717) is 0 Å². The molecule has 0 aliphatic carbocycles. The second kappa shape index (κ2) is 4.36. The van der Waals surface area contributed by atoms with Crippen molar-refractivity contribution in [3.63, 3.8) is 0 Å². The summed E-state index contributed by atoms with van der Waals surface area (Å²) in [7, 11) is 0. The number of hydrogen-bond acceptors (Lipinski definition) is 0. The van der Waals surface area contributed by atoms with Crippen LogP contribution in [0.15, 0.2) is 49.0 Å². The van der Waals surface area contributed by atoms with E-state index in [0.717, 1.165) is 11.1 Å². The molecule has 0 heteroatoms. The van der Waals surface area contributed by atoms with E-state index >= 15 is 0 Å². The van der Waals surface area contributed by atoms with Crippen LogP contribution in [-0.2, 0) is 0 Å². The first-order valence-electron chi connectivity index (χ1n) is 5.41. The van der Waals surface area contributed by atoms with E-state index in [1.165, 1.54) is 16.7 Å². The first-order chi connectivity index (χ1) is 7.66. The quantitative estimate of drug-likeness (QED) is 0.693. The lowest BCUT2D eigenvalue weighted by Crippen LogP contribution is -1.88. The van der Waals surface area contributed by atoms with Crippen LogP contribution in [0.4, 0.5) is 0 Å². The summed E-state index contributed by atoms with van der Waals surface area (Å²) in [5.74, 6) is 0. The van der Waals surface area contributed by atoms with E-state index in [9.17, 15) is 0 Å². The highest BCUT2D eigenvalue weighted by molar-refractivity contribution is 5.78. The van der Waals surface area contributed by atoms with Gasteiger partial charge in [0.25, 0.3) is 0 Å². The molecule has 1 radical (unpaired) electrons. The zero-order valence-corrected chi connectivity index (χ0v) is 9.75. The van der Waals surface area contributed by atoms with Gasteiger partial charge in [-0.05, 0) is 36.6 Å². The van der Waals surface area contributed by atoms with Crippen LogP contribution in [0.25, 0.3) is 5.57 Å². The lowest BCUT2D eigenvalue weighted by Gasteiger charge is -2.08. The first-order valence-corrected chi connectivity index (χ1v) is 5.41. The Morgan fingerprint density at radius 2 is 1.50 bits per heavy atom. The lowest BCUT2D eigenvalue weighted by atomic mass is 9.96. The SMILES string of the molecule is C=C(c1cc[c]cc1)c1cc(C)cc(C)c1. The third kappa shape index (κ3) is 2.22. The molecule has 0 unspecified atom stereocenters. The molecule has 0 fully saturated rings. The van der Waals surface area contributed by atoms with Crippen LogP contribution in [0.2, 0.25) is 0 Å². The van der Waals surface area contributed by atoms with Crippen LogP contribution in [0.3, 0.4) is 0 Å². The maximum atomic E-state index is 4.16. The summed E-state index contributed by atoms with van der Waals surface area (Å²) in [4.78, 5) is 0. The number of rotatable bonds is 2. The minimum Gasteiger partial charge on any atom is -0.0906 e. The summed E-state index contributed by atoms with van der Waals surface area (Å²) in [5.41, 5.74) is 5.98. The van der Waals surface area contributed by atoms with Gasteiger partial charge in [0.05, 0.1) is 0 Å². The molecule has 0 heterocycles. The molecule has 0 N–H and O–H groups in total. The Morgan fingerprint density at radius 3 is 2.06 bits per heavy atom. The Balaban J connectivity index is 2.42. The molecule has 0 aromatic heterocycles. The second-order valence-corrected chi connectivity index (χ2v) is 4.14. The summed E-state index contributed by atoms with van der Waals surface area (Å²) in [6.45, 7) is 8.39. The summed E-state index contributed by atoms with van der Waals surface area (Å²) in [6.07, 6.45) is 0. The van der Waals surface area contributed by atoms with Crippen molar-refractivity contribution in [2.75, 3.05) is 0 Å². The molecule has 79 valence electrons. The standard InChI is InChI=1S/C16H15/c1-12-9-13(2)11-16(10-12)14(3)15-7-5-4-6-8-15/h5-11H,3H2,1-2H3. The van der Waals surface area contributed by atoms with Crippen molar-refractivity contribution in [1.29, 1.82) is 0 Å². The molecular formula is C16H15. The Bertz CT molecular complexity index is 487. The van der Waals surface area contributed by atoms with Gasteiger partial charge in [-0.3, -0.25) is 0 Å². The maximum absolute atomic E-state index is 4.16. The molecule has 0 aliphatic rings. The van der Waals surface area contributed by atoms with E-state index in [4.69, 9.17) is 0 Å². The molecular weight excluding hydrogens is 192 g/mol. The smallest absolute Gasteiger partial charge is 0.0179 e. The molecule has 0 nitrogen and oxygen atoms in total. The van der Waals surface area contributed by atoms with Gasteiger partial charge < -0.3 is 0 Å². The molecule has 0 spiro atoms. The largest absolute Gasteiger partial charge is 0.0906 e. The van der Waals surface area contributed by atoms with Gasteiger partial charge in [0.15, 0.2) is 0 Å². The predicted octanol–water partition coefficient (Wildman–Crippen LogP) is 4.17. The molecule has 0 amide bonds. The highest BCUT2D eigenvalue weighted by atomic mass is 14.1.